The molecule has 0 saturated carbocycles. The van der Waals surface area contributed by atoms with Gasteiger partial charge in [0.15, 0.2) is 0 Å². The smallest absolute Gasteiger partial charge is 0.251 e. The molecule has 1 atom stereocenters. The molecule has 0 aliphatic carbocycles. The van der Waals surface area contributed by atoms with Crippen molar-refractivity contribution < 1.29 is 9.59 Å². The van der Waals surface area contributed by atoms with Gasteiger partial charge in [0.05, 0.1) is 0 Å². The van der Waals surface area contributed by atoms with Gasteiger partial charge in [-0.15, -0.1) is 0 Å². The standard InChI is InChI=1S/C18H25N3O2/c22-17(13-16-7-4-10-19-16)21-11-8-15(9-12-21)20-18(23)14-5-2-1-3-6-14/h1-3,5-6,15-16,19H,4,7-13H2,(H,20,23). The van der Waals surface area contributed by atoms with Crippen molar-refractivity contribution in [2.75, 3.05) is 19.6 Å². The second-order valence-corrected chi connectivity index (χ2v) is 6.49. The first-order valence-electron chi connectivity index (χ1n) is 8.59. The first-order chi connectivity index (χ1) is 11.2. The highest BCUT2D eigenvalue weighted by atomic mass is 16.2. The summed E-state index contributed by atoms with van der Waals surface area (Å²) in [4.78, 5) is 26.4. The second kappa shape index (κ2) is 7.59. The molecule has 0 radical (unpaired) electrons. The lowest BCUT2D eigenvalue weighted by molar-refractivity contribution is -0.132. The van der Waals surface area contributed by atoms with Crippen molar-refractivity contribution in [2.24, 2.45) is 0 Å². The van der Waals surface area contributed by atoms with Crippen LogP contribution in [0.15, 0.2) is 30.3 Å². The van der Waals surface area contributed by atoms with Gasteiger partial charge in [0.1, 0.15) is 0 Å². The van der Waals surface area contributed by atoms with E-state index in [9.17, 15) is 9.59 Å². The first kappa shape index (κ1) is 16.0. The SMILES string of the molecule is O=C(NC1CCN(C(=O)CC2CCCN2)CC1)c1ccccc1. The Labute approximate surface area is 137 Å². The molecular formula is C18H25N3O2. The van der Waals surface area contributed by atoms with Gasteiger partial charge in [-0.2, -0.15) is 0 Å². The van der Waals surface area contributed by atoms with Crippen molar-refractivity contribution in [3.63, 3.8) is 0 Å². The van der Waals surface area contributed by atoms with Crippen molar-refractivity contribution in [1.82, 2.24) is 15.5 Å². The van der Waals surface area contributed by atoms with Gasteiger partial charge in [0.25, 0.3) is 5.91 Å². The fourth-order valence-corrected chi connectivity index (χ4v) is 3.40. The van der Waals surface area contributed by atoms with Gasteiger partial charge in [-0.1, -0.05) is 18.2 Å². The van der Waals surface area contributed by atoms with Gasteiger partial charge in [0.2, 0.25) is 5.91 Å². The molecule has 0 spiro atoms. The summed E-state index contributed by atoms with van der Waals surface area (Å²) >= 11 is 0. The Morgan fingerprint density at radius 1 is 1.13 bits per heavy atom. The monoisotopic (exact) mass is 315 g/mol. The van der Waals surface area contributed by atoms with E-state index < -0.39 is 0 Å². The Balaban J connectivity index is 1.43. The maximum atomic E-state index is 12.3. The van der Waals surface area contributed by atoms with Crippen molar-refractivity contribution in [1.29, 1.82) is 0 Å². The van der Waals surface area contributed by atoms with Gasteiger partial charge in [-0.3, -0.25) is 9.59 Å². The van der Waals surface area contributed by atoms with Crippen LogP contribution < -0.4 is 10.6 Å². The van der Waals surface area contributed by atoms with E-state index in [2.05, 4.69) is 10.6 Å². The molecule has 2 saturated heterocycles. The molecule has 124 valence electrons. The van der Waals surface area contributed by atoms with Gasteiger partial charge < -0.3 is 15.5 Å². The lowest BCUT2D eigenvalue weighted by Gasteiger charge is -2.33. The zero-order valence-electron chi connectivity index (χ0n) is 13.5. The van der Waals surface area contributed by atoms with Gasteiger partial charge >= 0.3 is 0 Å². The molecule has 2 fully saturated rings. The number of benzene rings is 1. The fourth-order valence-electron chi connectivity index (χ4n) is 3.40. The molecule has 0 bridgehead atoms. The van der Waals surface area contributed by atoms with E-state index in [0.717, 1.165) is 38.9 Å². The van der Waals surface area contributed by atoms with Crippen LogP contribution in [0.3, 0.4) is 0 Å². The molecule has 1 unspecified atom stereocenters. The number of likely N-dealkylation sites (tertiary alicyclic amines) is 1. The molecule has 5 heteroatoms. The molecule has 2 heterocycles. The van der Waals surface area contributed by atoms with Crippen molar-refractivity contribution in [3.8, 4) is 0 Å². The van der Waals surface area contributed by atoms with E-state index in [-0.39, 0.29) is 17.9 Å². The largest absolute Gasteiger partial charge is 0.349 e. The summed E-state index contributed by atoms with van der Waals surface area (Å²) in [6, 6.07) is 9.81. The minimum absolute atomic E-state index is 0.0227. The van der Waals surface area contributed by atoms with Crippen LogP contribution in [0.5, 0.6) is 0 Å². The third-order valence-corrected chi connectivity index (χ3v) is 4.80. The highest BCUT2D eigenvalue weighted by Crippen LogP contribution is 2.15. The van der Waals surface area contributed by atoms with Crippen molar-refractivity contribution in [2.45, 2.75) is 44.2 Å². The molecule has 2 amide bonds. The van der Waals surface area contributed by atoms with Crippen LogP contribution in [0.1, 0.15) is 42.5 Å². The van der Waals surface area contributed by atoms with Crippen molar-refractivity contribution >= 4 is 11.8 Å². The number of nitrogens with zero attached hydrogens (tertiary/aromatic N) is 1. The maximum absolute atomic E-state index is 12.3. The van der Waals surface area contributed by atoms with Gasteiger partial charge in [-0.05, 0) is 44.4 Å². The van der Waals surface area contributed by atoms with Crippen LogP contribution in [0.25, 0.3) is 0 Å². The number of piperidine rings is 1. The lowest BCUT2D eigenvalue weighted by atomic mass is 10.0. The predicted octanol–water partition coefficient (Wildman–Crippen LogP) is 1.55. The number of rotatable bonds is 4. The fraction of sp³-hybridized carbons (Fsp3) is 0.556. The lowest BCUT2D eigenvalue weighted by Crippen LogP contribution is -2.47. The average molecular weight is 315 g/mol. The number of amides is 2. The van der Waals surface area contributed by atoms with Crippen LogP contribution in [0, 0.1) is 0 Å². The summed E-state index contributed by atoms with van der Waals surface area (Å²) in [5, 5.41) is 6.45. The van der Waals surface area contributed by atoms with Crippen LogP contribution in [-0.4, -0.2) is 48.4 Å². The zero-order chi connectivity index (χ0) is 16.1. The number of hydrogen-bond donors (Lipinski definition) is 2. The summed E-state index contributed by atoms with van der Waals surface area (Å²) in [6.45, 7) is 2.52. The van der Waals surface area contributed by atoms with Crippen LogP contribution in [-0.2, 0) is 4.79 Å². The van der Waals surface area contributed by atoms with Crippen LogP contribution >= 0.6 is 0 Å². The summed E-state index contributed by atoms with van der Waals surface area (Å²) < 4.78 is 0. The molecule has 3 rings (SSSR count). The summed E-state index contributed by atoms with van der Waals surface area (Å²) in [6.07, 6.45) is 4.56. The molecule has 2 N–H and O–H groups in total. The quantitative estimate of drug-likeness (QED) is 0.886. The highest BCUT2D eigenvalue weighted by Gasteiger charge is 2.26. The Hall–Kier alpha value is -1.88. The van der Waals surface area contributed by atoms with E-state index in [1.165, 1.54) is 6.42 Å². The minimum Gasteiger partial charge on any atom is -0.349 e. The van der Waals surface area contributed by atoms with E-state index in [0.29, 0.717) is 18.0 Å². The minimum atomic E-state index is -0.0227. The molecular weight excluding hydrogens is 290 g/mol. The highest BCUT2D eigenvalue weighted by molar-refractivity contribution is 5.94. The zero-order valence-corrected chi connectivity index (χ0v) is 13.5. The number of hydrogen-bond acceptors (Lipinski definition) is 3. The van der Waals surface area contributed by atoms with Gasteiger partial charge in [0, 0.05) is 37.2 Å². The van der Waals surface area contributed by atoms with Crippen molar-refractivity contribution in [3.05, 3.63) is 35.9 Å². The number of nitrogens with one attached hydrogen (secondary N) is 2. The number of carbonyl (C=O) groups is 2. The Kier molecular flexibility index (Phi) is 5.28. The van der Waals surface area contributed by atoms with Gasteiger partial charge in [-0.25, -0.2) is 0 Å². The third-order valence-electron chi connectivity index (χ3n) is 4.80. The van der Waals surface area contributed by atoms with Crippen LogP contribution in [0.2, 0.25) is 0 Å². The maximum Gasteiger partial charge on any atom is 0.251 e. The first-order valence-corrected chi connectivity index (χ1v) is 8.59. The van der Waals surface area contributed by atoms with E-state index >= 15 is 0 Å². The summed E-state index contributed by atoms with van der Waals surface area (Å²) in [7, 11) is 0. The van der Waals surface area contributed by atoms with E-state index in [1.807, 2.05) is 35.2 Å². The summed E-state index contributed by atoms with van der Waals surface area (Å²) in [5.74, 6) is 0.225. The normalized spacial score (nSPS) is 22.1. The predicted molar refractivity (Wildman–Crippen MR) is 89.2 cm³/mol. The average Bonchev–Trinajstić information content (AvgIpc) is 3.09. The van der Waals surface area contributed by atoms with E-state index in [1.54, 1.807) is 0 Å². The molecule has 23 heavy (non-hydrogen) atoms. The summed E-state index contributed by atoms with van der Waals surface area (Å²) in [5.41, 5.74) is 0.693. The third kappa shape index (κ3) is 4.32. The number of carbonyl (C=O) groups excluding carboxylic acids is 2. The molecule has 2 aliphatic heterocycles. The molecule has 0 aromatic heterocycles. The molecule has 1 aromatic carbocycles. The van der Waals surface area contributed by atoms with E-state index in [4.69, 9.17) is 0 Å². The molecule has 5 nitrogen and oxygen atoms in total. The Bertz CT molecular complexity index is 532. The Morgan fingerprint density at radius 2 is 1.87 bits per heavy atom. The topological polar surface area (TPSA) is 61.4 Å². The second-order valence-electron chi connectivity index (χ2n) is 6.49. The Morgan fingerprint density at radius 3 is 2.52 bits per heavy atom. The molecule has 2 aliphatic rings. The molecule has 1 aromatic rings. The van der Waals surface area contributed by atoms with Crippen LogP contribution in [0.4, 0.5) is 0 Å².